The van der Waals surface area contributed by atoms with Gasteiger partial charge in [-0.25, -0.2) is 17.2 Å². The lowest BCUT2D eigenvalue weighted by Gasteiger charge is -2.07. The van der Waals surface area contributed by atoms with Crippen LogP contribution in [0, 0.1) is 0 Å². The number of halogens is 3. The first-order valence-corrected chi connectivity index (χ1v) is 6.94. The molecule has 88 valence electrons. The number of alkyl halides is 2. The standard InChI is InChI=1S/C9H8ClF2NO2S/c10-16(14,15)7-4-3-6(9(11)12)13-8(7)5-1-2-5/h3-5,9H,1-2H2. The van der Waals surface area contributed by atoms with E-state index in [0.717, 1.165) is 25.0 Å². The molecule has 0 aromatic carbocycles. The number of hydrogen-bond acceptors (Lipinski definition) is 3. The van der Waals surface area contributed by atoms with E-state index in [1.807, 2.05) is 0 Å². The van der Waals surface area contributed by atoms with Gasteiger partial charge in [0.25, 0.3) is 15.5 Å². The van der Waals surface area contributed by atoms with Gasteiger partial charge in [0.2, 0.25) is 0 Å². The largest absolute Gasteiger partial charge is 0.280 e. The minimum absolute atomic E-state index is 0.0535. The highest BCUT2D eigenvalue weighted by atomic mass is 35.7. The van der Waals surface area contributed by atoms with Crippen LogP contribution in [0.2, 0.25) is 0 Å². The van der Waals surface area contributed by atoms with Crippen molar-refractivity contribution in [3.63, 3.8) is 0 Å². The maximum atomic E-state index is 12.4. The predicted octanol–water partition coefficient (Wildman–Crippen LogP) is 2.82. The van der Waals surface area contributed by atoms with E-state index >= 15 is 0 Å². The van der Waals surface area contributed by atoms with Crippen LogP contribution in [0.1, 0.15) is 36.6 Å². The Labute approximate surface area is 95.9 Å². The van der Waals surface area contributed by atoms with Gasteiger partial charge in [-0.05, 0) is 25.0 Å². The summed E-state index contributed by atoms with van der Waals surface area (Å²) in [6.45, 7) is 0. The Morgan fingerprint density at radius 1 is 1.38 bits per heavy atom. The van der Waals surface area contributed by atoms with Crippen LogP contribution >= 0.6 is 10.7 Å². The summed E-state index contributed by atoms with van der Waals surface area (Å²) in [5.41, 5.74) is -0.237. The lowest BCUT2D eigenvalue weighted by atomic mass is 10.2. The second-order valence-electron chi connectivity index (χ2n) is 3.63. The van der Waals surface area contributed by atoms with Crippen molar-refractivity contribution in [2.75, 3.05) is 0 Å². The van der Waals surface area contributed by atoms with Gasteiger partial charge in [-0.15, -0.1) is 0 Å². The summed E-state index contributed by atoms with van der Waals surface area (Å²) >= 11 is 0. The van der Waals surface area contributed by atoms with Gasteiger partial charge < -0.3 is 0 Å². The average molecular weight is 268 g/mol. The molecule has 0 amide bonds. The lowest BCUT2D eigenvalue weighted by molar-refractivity contribution is 0.145. The molecule has 0 atom stereocenters. The predicted molar refractivity (Wildman–Crippen MR) is 54.2 cm³/mol. The Morgan fingerprint density at radius 2 is 2.00 bits per heavy atom. The second kappa shape index (κ2) is 3.92. The second-order valence-corrected chi connectivity index (χ2v) is 6.17. The van der Waals surface area contributed by atoms with Crippen LogP contribution < -0.4 is 0 Å². The minimum atomic E-state index is -3.92. The Morgan fingerprint density at radius 3 is 2.44 bits per heavy atom. The molecule has 16 heavy (non-hydrogen) atoms. The zero-order valence-electron chi connectivity index (χ0n) is 8.03. The lowest BCUT2D eigenvalue weighted by Crippen LogP contribution is -2.03. The van der Waals surface area contributed by atoms with Gasteiger partial charge in [-0.2, -0.15) is 0 Å². The zero-order chi connectivity index (χ0) is 11.9. The van der Waals surface area contributed by atoms with Crippen molar-refractivity contribution in [1.82, 2.24) is 4.98 Å². The summed E-state index contributed by atoms with van der Waals surface area (Å²) < 4.78 is 47.2. The minimum Gasteiger partial charge on any atom is -0.250 e. The van der Waals surface area contributed by atoms with Crippen molar-refractivity contribution in [1.29, 1.82) is 0 Å². The van der Waals surface area contributed by atoms with Crippen molar-refractivity contribution in [3.05, 3.63) is 23.5 Å². The highest BCUT2D eigenvalue weighted by molar-refractivity contribution is 8.13. The van der Waals surface area contributed by atoms with Gasteiger partial charge in [0.15, 0.2) is 0 Å². The number of rotatable bonds is 3. The molecule has 0 unspecified atom stereocenters. The molecule has 1 heterocycles. The third kappa shape index (κ3) is 2.32. The number of nitrogens with zero attached hydrogens (tertiary/aromatic N) is 1. The van der Waals surface area contributed by atoms with Crippen molar-refractivity contribution in [3.8, 4) is 0 Å². The fourth-order valence-corrected chi connectivity index (χ4v) is 2.54. The third-order valence-electron chi connectivity index (χ3n) is 2.36. The molecule has 0 saturated heterocycles. The molecule has 2 rings (SSSR count). The number of hydrogen-bond donors (Lipinski definition) is 0. The van der Waals surface area contributed by atoms with E-state index in [0.29, 0.717) is 0 Å². The summed E-state index contributed by atoms with van der Waals surface area (Å²) in [4.78, 5) is 3.54. The van der Waals surface area contributed by atoms with E-state index in [-0.39, 0.29) is 16.5 Å². The van der Waals surface area contributed by atoms with Gasteiger partial charge in [0, 0.05) is 16.6 Å². The maximum absolute atomic E-state index is 12.4. The van der Waals surface area contributed by atoms with E-state index in [4.69, 9.17) is 10.7 Å². The molecule has 0 bridgehead atoms. The topological polar surface area (TPSA) is 47.0 Å². The monoisotopic (exact) mass is 267 g/mol. The van der Waals surface area contributed by atoms with Crippen molar-refractivity contribution in [2.45, 2.75) is 30.1 Å². The summed E-state index contributed by atoms with van der Waals surface area (Å²) in [5, 5.41) is 0. The highest BCUT2D eigenvalue weighted by Crippen LogP contribution is 2.42. The molecule has 1 aliphatic carbocycles. The number of pyridine rings is 1. The van der Waals surface area contributed by atoms with Crippen LogP contribution in [-0.2, 0) is 9.05 Å². The first-order valence-electron chi connectivity index (χ1n) is 4.63. The summed E-state index contributed by atoms with van der Waals surface area (Å²) in [6.07, 6.45) is -1.18. The van der Waals surface area contributed by atoms with Gasteiger partial charge >= 0.3 is 0 Å². The molecule has 7 heteroatoms. The van der Waals surface area contributed by atoms with Gasteiger partial charge in [-0.1, -0.05) is 0 Å². The Balaban J connectivity index is 2.54. The quantitative estimate of drug-likeness (QED) is 0.791. The molecule has 1 aromatic rings. The summed E-state index contributed by atoms with van der Waals surface area (Å²) in [7, 11) is 1.30. The van der Waals surface area contributed by atoms with E-state index in [1.165, 1.54) is 0 Å². The molecule has 1 fully saturated rings. The molecule has 3 nitrogen and oxygen atoms in total. The Hall–Kier alpha value is -0.750. The first kappa shape index (κ1) is 11.7. The van der Waals surface area contributed by atoms with Crippen LogP contribution in [0.4, 0.5) is 8.78 Å². The summed E-state index contributed by atoms with van der Waals surface area (Å²) in [6, 6.07) is 2.09. The third-order valence-corrected chi connectivity index (χ3v) is 3.73. The summed E-state index contributed by atoms with van der Waals surface area (Å²) in [5.74, 6) is -0.0535. The van der Waals surface area contributed by atoms with Gasteiger partial charge in [0.1, 0.15) is 10.6 Å². The van der Waals surface area contributed by atoms with Gasteiger partial charge in [0.05, 0.1) is 5.69 Å². The normalized spacial score (nSPS) is 16.8. The first-order chi connectivity index (χ1) is 7.39. The van der Waals surface area contributed by atoms with Crippen molar-refractivity contribution in [2.24, 2.45) is 0 Å². The molecule has 1 saturated carbocycles. The van der Waals surface area contributed by atoms with E-state index in [9.17, 15) is 17.2 Å². The van der Waals surface area contributed by atoms with Crippen LogP contribution in [-0.4, -0.2) is 13.4 Å². The van der Waals surface area contributed by atoms with Crippen LogP contribution in [0.5, 0.6) is 0 Å². The van der Waals surface area contributed by atoms with Crippen LogP contribution in [0.3, 0.4) is 0 Å². The molecular formula is C9H8ClF2NO2S. The molecular weight excluding hydrogens is 260 g/mol. The molecule has 0 radical (unpaired) electrons. The smallest absolute Gasteiger partial charge is 0.250 e. The highest BCUT2D eigenvalue weighted by Gasteiger charge is 2.32. The molecule has 0 spiro atoms. The molecule has 1 aliphatic rings. The molecule has 0 N–H and O–H groups in total. The van der Waals surface area contributed by atoms with Gasteiger partial charge in [-0.3, -0.25) is 4.98 Å². The Bertz CT molecular complexity index is 514. The molecule has 1 aromatic heterocycles. The van der Waals surface area contributed by atoms with Crippen molar-refractivity contribution >= 4 is 19.7 Å². The fourth-order valence-electron chi connectivity index (χ4n) is 1.45. The van der Waals surface area contributed by atoms with E-state index < -0.39 is 21.2 Å². The maximum Gasteiger partial charge on any atom is 0.280 e. The van der Waals surface area contributed by atoms with E-state index in [2.05, 4.69) is 4.98 Å². The van der Waals surface area contributed by atoms with Crippen LogP contribution in [0.25, 0.3) is 0 Å². The van der Waals surface area contributed by atoms with Crippen molar-refractivity contribution < 1.29 is 17.2 Å². The SMILES string of the molecule is O=S(=O)(Cl)c1ccc(C(F)F)nc1C1CC1. The van der Waals surface area contributed by atoms with E-state index in [1.54, 1.807) is 0 Å². The zero-order valence-corrected chi connectivity index (χ0v) is 9.60. The number of aromatic nitrogens is 1. The fraction of sp³-hybridized carbons (Fsp3) is 0.444. The van der Waals surface area contributed by atoms with Crippen LogP contribution in [0.15, 0.2) is 17.0 Å². The molecule has 0 aliphatic heterocycles. The average Bonchev–Trinajstić information content (AvgIpc) is 2.98. The Kier molecular flexibility index (Phi) is 2.88.